The molecule has 0 spiro atoms. The van der Waals surface area contributed by atoms with Crippen molar-refractivity contribution in [3.05, 3.63) is 35.4 Å². The van der Waals surface area contributed by atoms with Gasteiger partial charge in [0, 0.05) is 5.54 Å². The highest BCUT2D eigenvalue weighted by Gasteiger charge is 2.30. The largest absolute Gasteiger partial charge is 0.325 e. The molecule has 0 unspecified atom stereocenters. The second kappa shape index (κ2) is 4.73. The normalized spacial score (nSPS) is 29.3. The maximum atomic E-state index is 13.1. The van der Waals surface area contributed by atoms with Crippen molar-refractivity contribution in [3.8, 4) is 0 Å². The van der Waals surface area contributed by atoms with Crippen molar-refractivity contribution in [2.75, 3.05) is 0 Å². The molecule has 0 saturated heterocycles. The van der Waals surface area contributed by atoms with Gasteiger partial charge in [-0.25, -0.2) is 8.78 Å². The Labute approximate surface area is 101 Å². The minimum Gasteiger partial charge on any atom is -0.325 e. The molecule has 0 heterocycles. The van der Waals surface area contributed by atoms with Gasteiger partial charge in [0.2, 0.25) is 0 Å². The first-order chi connectivity index (χ1) is 7.98. The molecule has 3 heteroatoms. The third-order valence-electron chi connectivity index (χ3n) is 3.81. The van der Waals surface area contributed by atoms with Crippen molar-refractivity contribution in [1.29, 1.82) is 0 Å². The van der Waals surface area contributed by atoms with Gasteiger partial charge < -0.3 is 5.73 Å². The van der Waals surface area contributed by atoms with Gasteiger partial charge in [-0.1, -0.05) is 13.0 Å². The van der Waals surface area contributed by atoms with E-state index >= 15 is 0 Å². The smallest absolute Gasteiger partial charge is 0.159 e. The number of hydrogen-bond donors (Lipinski definition) is 1. The summed E-state index contributed by atoms with van der Waals surface area (Å²) in [7, 11) is 0. The van der Waals surface area contributed by atoms with Gasteiger partial charge in [-0.2, -0.15) is 0 Å². The Kier molecular flexibility index (Phi) is 3.48. The predicted octanol–water partition coefficient (Wildman–Crippen LogP) is 3.41. The second-order valence-corrected chi connectivity index (χ2v) is 5.47. The molecule has 0 aliphatic heterocycles. The predicted molar refractivity (Wildman–Crippen MR) is 64.6 cm³/mol. The van der Waals surface area contributed by atoms with Crippen molar-refractivity contribution in [2.24, 2.45) is 11.7 Å². The molecule has 94 valence electrons. The number of halogens is 2. The SMILES string of the molecule is CC1CCC(N)(Cc2ccc(F)c(F)c2)CC1. The Morgan fingerprint density at radius 2 is 1.88 bits per heavy atom. The minimum atomic E-state index is -0.794. The Bertz CT molecular complexity index is 395. The van der Waals surface area contributed by atoms with Crippen LogP contribution in [-0.2, 0) is 6.42 Å². The van der Waals surface area contributed by atoms with Gasteiger partial charge in [0.1, 0.15) is 0 Å². The number of nitrogens with two attached hydrogens (primary N) is 1. The molecule has 0 radical (unpaired) electrons. The van der Waals surface area contributed by atoms with E-state index < -0.39 is 11.6 Å². The van der Waals surface area contributed by atoms with Crippen LogP contribution in [0.2, 0.25) is 0 Å². The Morgan fingerprint density at radius 1 is 1.24 bits per heavy atom. The summed E-state index contributed by atoms with van der Waals surface area (Å²) in [6, 6.07) is 4.08. The molecule has 2 N–H and O–H groups in total. The van der Waals surface area contributed by atoms with Crippen LogP contribution in [0.1, 0.15) is 38.2 Å². The Morgan fingerprint density at radius 3 is 2.47 bits per heavy atom. The van der Waals surface area contributed by atoms with E-state index in [-0.39, 0.29) is 5.54 Å². The van der Waals surface area contributed by atoms with Gasteiger partial charge >= 0.3 is 0 Å². The molecule has 1 aliphatic carbocycles. The van der Waals surface area contributed by atoms with Gasteiger partial charge in [0.15, 0.2) is 11.6 Å². The first-order valence-electron chi connectivity index (χ1n) is 6.21. The van der Waals surface area contributed by atoms with Crippen molar-refractivity contribution < 1.29 is 8.78 Å². The number of benzene rings is 1. The molecule has 1 aromatic rings. The van der Waals surface area contributed by atoms with Crippen molar-refractivity contribution in [1.82, 2.24) is 0 Å². The molecule has 0 aromatic heterocycles. The molecule has 2 rings (SSSR count). The molecule has 1 nitrogen and oxygen atoms in total. The molecular formula is C14H19F2N. The van der Waals surface area contributed by atoms with E-state index in [1.54, 1.807) is 6.07 Å². The fourth-order valence-corrected chi connectivity index (χ4v) is 2.57. The average molecular weight is 239 g/mol. The fraction of sp³-hybridized carbons (Fsp3) is 0.571. The lowest BCUT2D eigenvalue weighted by Crippen LogP contribution is -2.45. The van der Waals surface area contributed by atoms with Gasteiger partial charge in [-0.05, 0) is 55.7 Å². The third-order valence-corrected chi connectivity index (χ3v) is 3.81. The summed E-state index contributed by atoms with van der Waals surface area (Å²) in [4.78, 5) is 0. The number of hydrogen-bond acceptors (Lipinski definition) is 1. The molecule has 1 fully saturated rings. The van der Waals surface area contributed by atoms with Crippen LogP contribution >= 0.6 is 0 Å². The highest BCUT2D eigenvalue weighted by Crippen LogP contribution is 2.32. The van der Waals surface area contributed by atoms with E-state index in [1.807, 2.05) is 0 Å². The topological polar surface area (TPSA) is 26.0 Å². The molecule has 1 saturated carbocycles. The summed E-state index contributed by atoms with van der Waals surface area (Å²) < 4.78 is 25.9. The Hall–Kier alpha value is -0.960. The van der Waals surface area contributed by atoms with E-state index in [2.05, 4.69) is 6.92 Å². The zero-order valence-electron chi connectivity index (χ0n) is 10.2. The highest BCUT2D eigenvalue weighted by atomic mass is 19.2. The zero-order valence-corrected chi connectivity index (χ0v) is 10.2. The standard InChI is InChI=1S/C14H19F2N/c1-10-4-6-14(17,7-5-10)9-11-2-3-12(15)13(16)8-11/h2-3,8,10H,4-7,9,17H2,1H3. The summed E-state index contributed by atoms with van der Waals surface area (Å²) >= 11 is 0. The van der Waals surface area contributed by atoms with E-state index in [0.717, 1.165) is 37.2 Å². The monoisotopic (exact) mass is 239 g/mol. The quantitative estimate of drug-likeness (QED) is 0.840. The van der Waals surface area contributed by atoms with Crippen LogP contribution in [0.25, 0.3) is 0 Å². The van der Waals surface area contributed by atoms with E-state index in [9.17, 15) is 8.78 Å². The van der Waals surface area contributed by atoms with Crippen LogP contribution in [0.3, 0.4) is 0 Å². The van der Waals surface area contributed by atoms with Crippen LogP contribution in [-0.4, -0.2) is 5.54 Å². The van der Waals surface area contributed by atoms with Crippen LogP contribution in [0.15, 0.2) is 18.2 Å². The lowest BCUT2D eigenvalue weighted by atomic mass is 9.75. The van der Waals surface area contributed by atoms with E-state index in [0.29, 0.717) is 6.42 Å². The van der Waals surface area contributed by atoms with Crippen LogP contribution < -0.4 is 5.73 Å². The molecule has 0 amide bonds. The van der Waals surface area contributed by atoms with Crippen molar-refractivity contribution >= 4 is 0 Å². The molecular weight excluding hydrogens is 220 g/mol. The molecule has 1 aromatic carbocycles. The summed E-state index contributed by atoms with van der Waals surface area (Å²) in [6.45, 7) is 2.23. The fourth-order valence-electron chi connectivity index (χ4n) is 2.57. The van der Waals surface area contributed by atoms with E-state index in [4.69, 9.17) is 5.73 Å². The van der Waals surface area contributed by atoms with Gasteiger partial charge in [0.25, 0.3) is 0 Å². The lowest BCUT2D eigenvalue weighted by molar-refractivity contribution is 0.243. The first kappa shape index (κ1) is 12.5. The second-order valence-electron chi connectivity index (χ2n) is 5.47. The van der Waals surface area contributed by atoms with Crippen LogP contribution in [0.5, 0.6) is 0 Å². The maximum Gasteiger partial charge on any atom is 0.159 e. The minimum absolute atomic E-state index is 0.239. The van der Waals surface area contributed by atoms with Crippen molar-refractivity contribution in [2.45, 2.75) is 44.6 Å². The zero-order chi connectivity index (χ0) is 12.5. The summed E-state index contributed by atoms with van der Waals surface area (Å²) in [5.74, 6) is -0.844. The molecule has 17 heavy (non-hydrogen) atoms. The first-order valence-corrected chi connectivity index (χ1v) is 6.21. The van der Waals surface area contributed by atoms with Gasteiger partial charge in [-0.3, -0.25) is 0 Å². The summed E-state index contributed by atoms with van der Waals surface area (Å²) in [5, 5.41) is 0. The summed E-state index contributed by atoms with van der Waals surface area (Å²) in [6.07, 6.45) is 4.82. The average Bonchev–Trinajstić information content (AvgIpc) is 2.28. The van der Waals surface area contributed by atoms with Crippen molar-refractivity contribution in [3.63, 3.8) is 0 Å². The van der Waals surface area contributed by atoms with Crippen LogP contribution in [0, 0.1) is 17.6 Å². The lowest BCUT2D eigenvalue weighted by Gasteiger charge is -2.36. The number of rotatable bonds is 2. The molecule has 1 aliphatic rings. The molecule has 0 atom stereocenters. The van der Waals surface area contributed by atoms with Gasteiger partial charge in [0.05, 0.1) is 0 Å². The highest BCUT2D eigenvalue weighted by molar-refractivity contribution is 5.20. The van der Waals surface area contributed by atoms with Crippen LogP contribution in [0.4, 0.5) is 8.78 Å². The maximum absolute atomic E-state index is 13.1. The third kappa shape index (κ3) is 3.03. The van der Waals surface area contributed by atoms with Gasteiger partial charge in [-0.15, -0.1) is 0 Å². The summed E-state index contributed by atoms with van der Waals surface area (Å²) in [5.41, 5.74) is 6.88. The van der Waals surface area contributed by atoms with E-state index in [1.165, 1.54) is 12.1 Å². The molecule has 0 bridgehead atoms. The Balaban J connectivity index is 2.07.